The summed E-state index contributed by atoms with van der Waals surface area (Å²) in [5.41, 5.74) is 2.94. The second kappa shape index (κ2) is 8.90. The molecule has 0 aromatic heterocycles. The number of thiocarbonyl (C=S) groups is 1. The molecule has 5 heteroatoms. The summed E-state index contributed by atoms with van der Waals surface area (Å²) in [6.45, 7) is 0.803. The summed E-state index contributed by atoms with van der Waals surface area (Å²) in [5, 5.41) is 15.6. The molecule has 120 valence electrons. The highest BCUT2D eigenvalue weighted by molar-refractivity contribution is 7.80. The number of anilines is 1. The molecule has 0 saturated heterocycles. The van der Waals surface area contributed by atoms with Crippen molar-refractivity contribution in [2.75, 3.05) is 11.9 Å². The molecule has 0 radical (unpaired) electrons. The number of benzene rings is 2. The minimum atomic E-state index is -0.832. The van der Waals surface area contributed by atoms with Gasteiger partial charge in [-0.25, -0.2) is 0 Å². The van der Waals surface area contributed by atoms with E-state index in [1.165, 1.54) is 5.56 Å². The highest BCUT2D eigenvalue weighted by Crippen LogP contribution is 2.10. The molecular weight excluding hydrogens is 308 g/mol. The normalized spacial score (nSPS) is 10.1. The molecule has 0 amide bonds. The van der Waals surface area contributed by atoms with Crippen molar-refractivity contribution in [1.29, 1.82) is 0 Å². The van der Waals surface area contributed by atoms with Crippen LogP contribution < -0.4 is 10.6 Å². The van der Waals surface area contributed by atoms with Crippen molar-refractivity contribution < 1.29 is 9.90 Å². The molecular formula is C18H20N2O2S. The third kappa shape index (κ3) is 6.48. The lowest BCUT2D eigenvalue weighted by Gasteiger charge is -2.11. The van der Waals surface area contributed by atoms with Gasteiger partial charge in [-0.15, -0.1) is 0 Å². The van der Waals surface area contributed by atoms with Gasteiger partial charge in [0.1, 0.15) is 0 Å². The minimum Gasteiger partial charge on any atom is -0.481 e. The van der Waals surface area contributed by atoms with E-state index in [0.717, 1.165) is 30.6 Å². The SMILES string of the molecule is O=C(O)Cc1ccc(NC(=S)NCCCc2ccccc2)cc1. The van der Waals surface area contributed by atoms with Gasteiger partial charge in [-0.1, -0.05) is 42.5 Å². The number of carbonyl (C=O) groups is 1. The highest BCUT2D eigenvalue weighted by atomic mass is 32.1. The number of nitrogens with one attached hydrogen (secondary N) is 2. The summed E-state index contributed by atoms with van der Waals surface area (Å²) in [5.74, 6) is -0.832. The Bertz CT molecular complexity index is 642. The fourth-order valence-electron chi connectivity index (χ4n) is 2.19. The number of carboxylic acid groups (broad SMARTS) is 1. The summed E-state index contributed by atoms with van der Waals surface area (Å²) in [6.07, 6.45) is 2.05. The lowest BCUT2D eigenvalue weighted by molar-refractivity contribution is -0.136. The van der Waals surface area contributed by atoms with Crippen molar-refractivity contribution in [2.45, 2.75) is 19.3 Å². The van der Waals surface area contributed by atoms with Crippen LogP contribution in [0.4, 0.5) is 5.69 Å². The fourth-order valence-corrected chi connectivity index (χ4v) is 2.41. The van der Waals surface area contributed by atoms with Crippen molar-refractivity contribution in [2.24, 2.45) is 0 Å². The quantitative estimate of drug-likeness (QED) is 0.538. The van der Waals surface area contributed by atoms with E-state index in [2.05, 4.69) is 22.8 Å². The average Bonchev–Trinajstić information content (AvgIpc) is 2.54. The maximum absolute atomic E-state index is 10.6. The maximum Gasteiger partial charge on any atom is 0.307 e. The van der Waals surface area contributed by atoms with Gasteiger partial charge >= 0.3 is 5.97 Å². The predicted molar refractivity (Wildman–Crippen MR) is 96.8 cm³/mol. The Morgan fingerprint density at radius 1 is 1.00 bits per heavy atom. The first-order valence-electron chi connectivity index (χ1n) is 7.53. The molecule has 0 aliphatic rings. The molecule has 0 spiro atoms. The van der Waals surface area contributed by atoms with E-state index in [1.807, 2.05) is 30.3 Å². The summed E-state index contributed by atoms with van der Waals surface area (Å²) in [6, 6.07) is 17.6. The van der Waals surface area contributed by atoms with Gasteiger partial charge in [0.15, 0.2) is 5.11 Å². The van der Waals surface area contributed by atoms with Crippen LogP contribution >= 0.6 is 12.2 Å². The zero-order valence-corrected chi connectivity index (χ0v) is 13.6. The molecule has 2 rings (SSSR count). The predicted octanol–water partition coefficient (Wildman–Crippen LogP) is 3.23. The van der Waals surface area contributed by atoms with E-state index in [0.29, 0.717) is 5.11 Å². The van der Waals surface area contributed by atoms with Gasteiger partial charge in [0.25, 0.3) is 0 Å². The molecule has 2 aromatic carbocycles. The van der Waals surface area contributed by atoms with Crippen molar-refractivity contribution in [3.63, 3.8) is 0 Å². The first-order valence-corrected chi connectivity index (χ1v) is 7.94. The Balaban J connectivity index is 1.69. The second-order valence-electron chi connectivity index (χ2n) is 5.24. The van der Waals surface area contributed by atoms with Crippen LogP contribution in [0.1, 0.15) is 17.5 Å². The summed E-state index contributed by atoms with van der Waals surface area (Å²) < 4.78 is 0. The average molecular weight is 328 g/mol. The van der Waals surface area contributed by atoms with Crippen molar-refractivity contribution in [3.05, 3.63) is 65.7 Å². The van der Waals surface area contributed by atoms with Gasteiger partial charge in [0.05, 0.1) is 6.42 Å². The molecule has 3 N–H and O–H groups in total. The third-order valence-electron chi connectivity index (χ3n) is 3.34. The first-order chi connectivity index (χ1) is 11.1. The van der Waals surface area contributed by atoms with Gasteiger partial charge in [0, 0.05) is 12.2 Å². The number of rotatable bonds is 7. The minimum absolute atomic E-state index is 0.0302. The summed E-state index contributed by atoms with van der Waals surface area (Å²) in [4.78, 5) is 10.6. The van der Waals surface area contributed by atoms with Crippen LogP contribution in [0.25, 0.3) is 0 Å². The molecule has 0 unspecified atom stereocenters. The van der Waals surface area contributed by atoms with Crippen LogP contribution in [0.2, 0.25) is 0 Å². The zero-order chi connectivity index (χ0) is 16.5. The Labute approximate surface area is 141 Å². The van der Waals surface area contributed by atoms with E-state index in [9.17, 15) is 4.79 Å². The standard InChI is InChI=1S/C18H20N2O2S/c21-17(22)13-15-8-10-16(11-9-15)20-18(23)19-12-4-7-14-5-2-1-3-6-14/h1-3,5-6,8-11H,4,7,12-13H2,(H,21,22)(H2,19,20,23). The van der Waals surface area contributed by atoms with Crippen LogP contribution in [-0.2, 0) is 17.6 Å². The van der Waals surface area contributed by atoms with E-state index < -0.39 is 5.97 Å². The number of aliphatic carboxylic acids is 1. The van der Waals surface area contributed by atoms with Gasteiger partial charge in [-0.05, 0) is 48.3 Å². The Morgan fingerprint density at radius 3 is 2.35 bits per heavy atom. The number of carboxylic acids is 1. The highest BCUT2D eigenvalue weighted by Gasteiger charge is 2.01. The Morgan fingerprint density at radius 2 is 1.70 bits per heavy atom. The summed E-state index contributed by atoms with van der Waals surface area (Å²) >= 11 is 5.25. The van der Waals surface area contributed by atoms with Crippen molar-refractivity contribution in [1.82, 2.24) is 5.32 Å². The van der Waals surface area contributed by atoms with Crippen LogP contribution in [0.3, 0.4) is 0 Å². The number of hydrogen-bond acceptors (Lipinski definition) is 2. The van der Waals surface area contributed by atoms with E-state index in [1.54, 1.807) is 12.1 Å². The van der Waals surface area contributed by atoms with Crippen molar-refractivity contribution in [3.8, 4) is 0 Å². The maximum atomic E-state index is 10.6. The fraction of sp³-hybridized carbons (Fsp3) is 0.222. The van der Waals surface area contributed by atoms with Gasteiger partial charge < -0.3 is 15.7 Å². The molecule has 0 aliphatic carbocycles. The zero-order valence-electron chi connectivity index (χ0n) is 12.8. The topological polar surface area (TPSA) is 61.4 Å². The molecule has 0 aliphatic heterocycles. The Hall–Kier alpha value is -2.40. The molecule has 0 bridgehead atoms. The lowest BCUT2D eigenvalue weighted by atomic mass is 10.1. The second-order valence-corrected chi connectivity index (χ2v) is 5.65. The summed E-state index contributed by atoms with van der Waals surface area (Å²) in [7, 11) is 0. The Kier molecular flexibility index (Phi) is 6.56. The third-order valence-corrected chi connectivity index (χ3v) is 3.58. The number of aryl methyl sites for hydroxylation is 1. The van der Waals surface area contributed by atoms with Gasteiger partial charge in [-0.2, -0.15) is 0 Å². The molecule has 0 heterocycles. The molecule has 0 atom stereocenters. The van der Waals surface area contributed by atoms with E-state index in [4.69, 9.17) is 17.3 Å². The van der Waals surface area contributed by atoms with Gasteiger partial charge in [0.2, 0.25) is 0 Å². The molecule has 0 saturated carbocycles. The molecule has 23 heavy (non-hydrogen) atoms. The molecule has 4 nitrogen and oxygen atoms in total. The van der Waals surface area contributed by atoms with E-state index in [-0.39, 0.29) is 6.42 Å². The van der Waals surface area contributed by atoms with Crippen LogP contribution in [-0.4, -0.2) is 22.7 Å². The smallest absolute Gasteiger partial charge is 0.307 e. The number of hydrogen-bond donors (Lipinski definition) is 3. The largest absolute Gasteiger partial charge is 0.481 e. The van der Waals surface area contributed by atoms with Gasteiger partial charge in [-0.3, -0.25) is 4.79 Å². The van der Waals surface area contributed by atoms with Crippen LogP contribution in [0.5, 0.6) is 0 Å². The van der Waals surface area contributed by atoms with E-state index >= 15 is 0 Å². The molecule has 2 aromatic rings. The lowest BCUT2D eigenvalue weighted by Crippen LogP contribution is -2.29. The first kappa shape index (κ1) is 17.0. The van der Waals surface area contributed by atoms with Crippen LogP contribution in [0, 0.1) is 0 Å². The van der Waals surface area contributed by atoms with Crippen molar-refractivity contribution >= 4 is 29.0 Å². The van der Waals surface area contributed by atoms with Crippen LogP contribution in [0.15, 0.2) is 54.6 Å². The molecule has 0 fully saturated rings. The monoisotopic (exact) mass is 328 g/mol.